The van der Waals surface area contributed by atoms with Gasteiger partial charge in [-0.1, -0.05) is 22.0 Å². The van der Waals surface area contributed by atoms with E-state index in [1.807, 2.05) is 35.7 Å². The van der Waals surface area contributed by atoms with Gasteiger partial charge in [0.1, 0.15) is 6.61 Å². The molecule has 0 aliphatic heterocycles. The van der Waals surface area contributed by atoms with E-state index in [1.54, 1.807) is 17.5 Å². The summed E-state index contributed by atoms with van der Waals surface area (Å²) in [5, 5.41) is 2.95. The van der Waals surface area contributed by atoms with E-state index in [0.717, 1.165) is 15.4 Å². The van der Waals surface area contributed by atoms with Gasteiger partial charge in [-0.15, -0.1) is 11.3 Å². The first-order chi connectivity index (χ1) is 9.24. The second-order valence-corrected chi connectivity index (χ2v) is 6.02. The largest absolute Gasteiger partial charge is 0.485 e. The number of halogens is 1. The van der Waals surface area contributed by atoms with Crippen LogP contribution in [0.5, 0.6) is 5.75 Å². The lowest BCUT2D eigenvalue weighted by Crippen LogP contribution is -1.99. The Hall–Kier alpha value is -1.59. The van der Waals surface area contributed by atoms with Gasteiger partial charge in [-0.05, 0) is 29.6 Å². The molecule has 0 atom stereocenters. The Morgan fingerprint density at radius 3 is 3.00 bits per heavy atom. The summed E-state index contributed by atoms with van der Waals surface area (Å²) in [5.41, 5.74) is 7.41. The zero-order valence-electron chi connectivity index (χ0n) is 9.97. The fourth-order valence-corrected chi connectivity index (χ4v) is 2.83. The molecule has 3 rings (SSSR count). The molecule has 0 unspecified atom stereocenters. The summed E-state index contributed by atoms with van der Waals surface area (Å²) >= 11 is 5.12. The molecule has 0 saturated carbocycles. The highest BCUT2D eigenvalue weighted by molar-refractivity contribution is 9.10. The number of pyridine rings is 1. The summed E-state index contributed by atoms with van der Waals surface area (Å²) in [5.74, 6) is 0.694. The van der Waals surface area contributed by atoms with Gasteiger partial charge in [0, 0.05) is 14.7 Å². The van der Waals surface area contributed by atoms with Crippen molar-refractivity contribution in [2.45, 2.75) is 6.61 Å². The summed E-state index contributed by atoms with van der Waals surface area (Å²) in [7, 11) is 0. The summed E-state index contributed by atoms with van der Waals surface area (Å²) in [4.78, 5) is 5.47. The third-order valence-corrected chi connectivity index (χ3v) is 4.09. The van der Waals surface area contributed by atoms with Crippen molar-refractivity contribution in [3.8, 4) is 5.75 Å². The third-order valence-electron chi connectivity index (χ3n) is 2.75. The van der Waals surface area contributed by atoms with Gasteiger partial charge < -0.3 is 10.5 Å². The van der Waals surface area contributed by atoms with Crippen LogP contribution in [0.1, 0.15) is 4.88 Å². The van der Waals surface area contributed by atoms with Crippen molar-refractivity contribution >= 4 is 43.9 Å². The summed E-state index contributed by atoms with van der Waals surface area (Å²) in [6.45, 7) is 0.521. The first kappa shape index (κ1) is 12.4. The average molecular weight is 335 g/mol. The lowest BCUT2D eigenvalue weighted by molar-refractivity contribution is 0.315. The monoisotopic (exact) mass is 334 g/mol. The lowest BCUT2D eigenvalue weighted by Gasteiger charge is -2.11. The fraction of sp³-hybridized carbons (Fsp3) is 0.0714. The number of ether oxygens (including phenoxy) is 1. The molecule has 0 bridgehead atoms. The van der Waals surface area contributed by atoms with Crippen molar-refractivity contribution in [2.75, 3.05) is 5.73 Å². The maximum Gasteiger partial charge on any atom is 0.153 e. The summed E-state index contributed by atoms with van der Waals surface area (Å²) < 4.78 is 6.85. The van der Waals surface area contributed by atoms with Crippen LogP contribution in [0, 0.1) is 0 Å². The van der Waals surface area contributed by atoms with Gasteiger partial charge in [0.2, 0.25) is 0 Å². The Bertz CT molecular complexity index is 708. The Kier molecular flexibility index (Phi) is 3.40. The molecular weight excluding hydrogens is 324 g/mol. The van der Waals surface area contributed by atoms with Crippen LogP contribution in [-0.2, 0) is 6.61 Å². The normalized spacial score (nSPS) is 10.8. The number of thiophene rings is 1. The van der Waals surface area contributed by atoms with Crippen LogP contribution < -0.4 is 10.5 Å². The molecule has 2 aromatic heterocycles. The highest BCUT2D eigenvalue weighted by Gasteiger charge is 2.09. The Morgan fingerprint density at radius 2 is 2.21 bits per heavy atom. The number of nitrogen functional groups attached to an aromatic ring is 1. The number of aromatic nitrogens is 1. The molecule has 0 spiro atoms. The third kappa shape index (κ3) is 2.57. The predicted molar refractivity (Wildman–Crippen MR) is 82.5 cm³/mol. The molecule has 0 aliphatic carbocycles. The molecule has 5 heteroatoms. The molecule has 1 aromatic carbocycles. The number of nitrogens with zero attached hydrogens (tertiary/aromatic N) is 1. The number of benzene rings is 1. The quantitative estimate of drug-likeness (QED) is 0.780. The summed E-state index contributed by atoms with van der Waals surface area (Å²) in [6, 6.07) is 9.92. The van der Waals surface area contributed by atoms with E-state index in [4.69, 9.17) is 10.5 Å². The van der Waals surface area contributed by atoms with Gasteiger partial charge in [0.25, 0.3) is 0 Å². The zero-order chi connectivity index (χ0) is 13.2. The molecule has 2 heterocycles. The molecule has 0 saturated heterocycles. The molecule has 0 amide bonds. The minimum atomic E-state index is 0.521. The van der Waals surface area contributed by atoms with Crippen LogP contribution >= 0.6 is 27.3 Å². The predicted octanol–water partition coefficient (Wildman–Crippen LogP) is 4.22. The van der Waals surface area contributed by atoms with Crippen molar-refractivity contribution in [1.29, 1.82) is 0 Å². The Balaban J connectivity index is 2.01. The van der Waals surface area contributed by atoms with Crippen molar-refractivity contribution in [3.63, 3.8) is 0 Å². The second-order valence-electron chi connectivity index (χ2n) is 4.07. The van der Waals surface area contributed by atoms with Crippen molar-refractivity contribution in [3.05, 3.63) is 51.3 Å². The molecule has 96 valence electrons. The molecule has 19 heavy (non-hydrogen) atoms. The molecule has 3 aromatic rings. The Labute approximate surface area is 123 Å². The highest BCUT2D eigenvalue weighted by atomic mass is 79.9. The van der Waals surface area contributed by atoms with Crippen molar-refractivity contribution in [2.24, 2.45) is 0 Å². The van der Waals surface area contributed by atoms with E-state index in [2.05, 4.69) is 20.9 Å². The van der Waals surface area contributed by atoms with Gasteiger partial charge in [-0.25, -0.2) is 0 Å². The van der Waals surface area contributed by atoms with Crippen LogP contribution in [0.4, 0.5) is 5.69 Å². The number of anilines is 1. The Morgan fingerprint density at radius 1 is 1.32 bits per heavy atom. The number of rotatable bonds is 3. The van der Waals surface area contributed by atoms with E-state index in [1.165, 1.54) is 4.88 Å². The molecule has 0 radical (unpaired) electrons. The van der Waals surface area contributed by atoms with Crippen LogP contribution in [0.2, 0.25) is 0 Å². The maximum absolute atomic E-state index is 5.98. The molecule has 0 aliphatic rings. The number of nitrogens with two attached hydrogens (primary N) is 1. The van der Waals surface area contributed by atoms with E-state index >= 15 is 0 Å². The smallest absolute Gasteiger partial charge is 0.153 e. The number of fused-ring (bicyclic) bond motifs is 1. The van der Waals surface area contributed by atoms with E-state index < -0.39 is 0 Å². The van der Waals surface area contributed by atoms with Crippen LogP contribution in [-0.4, -0.2) is 4.98 Å². The first-order valence-electron chi connectivity index (χ1n) is 5.73. The first-order valence-corrected chi connectivity index (χ1v) is 7.40. The van der Waals surface area contributed by atoms with Gasteiger partial charge in [0.05, 0.1) is 17.4 Å². The fourth-order valence-electron chi connectivity index (χ4n) is 1.86. The van der Waals surface area contributed by atoms with Crippen LogP contribution in [0.15, 0.2) is 46.4 Å². The molecule has 0 fully saturated rings. The number of hydrogen-bond acceptors (Lipinski definition) is 4. The van der Waals surface area contributed by atoms with Crippen LogP contribution in [0.25, 0.3) is 10.9 Å². The van der Waals surface area contributed by atoms with Gasteiger partial charge in [0.15, 0.2) is 5.75 Å². The van der Waals surface area contributed by atoms with E-state index in [-0.39, 0.29) is 0 Å². The minimum absolute atomic E-state index is 0.521. The SMILES string of the molecule is Nc1cnc2ccc(Br)cc2c1OCc1cccs1. The van der Waals surface area contributed by atoms with Gasteiger partial charge in [-0.2, -0.15) is 0 Å². The number of hydrogen-bond donors (Lipinski definition) is 1. The molecule has 3 nitrogen and oxygen atoms in total. The van der Waals surface area contributed by atoms with E-state index in [9.17, 15) is 0 Å². The topological polar surface area (TPSA) is 48.1 Å². The zero-order valence-corrected chi connectivity index (χ0v) is 12.4. The minimum Gasteiger partial charge on any atom is -0.485 e. The van der Waals surface area contributed by atoms with Crippen molar-refractivity contribution < 1.29 is 4.74 Å². The van der Waals surface area contributed by atoms with Gasteiger partial charge >= 0.3 is 0 Å². The van der Waals surface area contributed by atoms with Crippen molar-refractivity contribution in [1.82, 2.24) is 4.98 Å². The van der Waals surface area contributed by atoms with Gasteiger partial charge in [-0.3, -0.25) is 4.98 Å². The van der Waals surface area contributed by atoms with E-state index in [0.29, 0.717) is 18.0 Å². The standard InChI is InChI=1S/C14H11BrN2OS/c15-9-3-4-13-11(6-9)14(12(16)7-17-13)18-8-10-2-1-5-19-10/h1-7H,8,16H2. The molecular formula is C14H11BrN2OS. The van der Waals surface area contributed by atoms with Crippen LogP contribution in [0.3, 0.4) is 0 Å². The second kappa shape index (κ2) is 5.19. The maximum atomic E-state index is 5.98. The highest BCUT2D eigenvalue weighted by Crippen LogP contribution is 2.33. The average Bonchev–Trinajstić information content (AvgIpc) is 2.91. The summed E-state index contributed by atoms with van der Waals surface area (Å²) in [6.07, 6.45) is 1.64. The molecule has 2 N–H and O–H groups in total. The lowest BCUT2D eigenvalue weighted by atomic mass is 10.2.